The molecule has 140 valence electrons. The summed E-state index contributed by atoms with van der Waals surface area (Å²) in [6.45, 7) is 1.65. The Morgan fingerprint density at radius 1 is 1.14 bits per heavy atom. The third kappa shape index (κ3) is 4.62. The molecule has 1 atom stereocenters. The van der Waals surface area contributed by atoms with Gasteiger partial charge in [0.1, 0.15) is 5.75 Å². The van der Waals surface area contributed by atoms with Crippen molar-refractivity contribution in [1.82, 2.24) is 10.2 Å². The first-order chi connectivity index (χ1) is 13.6. The van der Waals surface area contributed by atoms with Gasteiger partial charge in [-0.15, -0.1) is 10.2 Å². The number of ether oxygens (including phenoxy) is 2. The molecule has 1 aromatic heterocycles. The molecular formula is C21H17N3O4. The van der Waals surface area contributed by atoms with E-state index in [1.807, 2.05) is 6.07 Å². The van der Waals surface area contributed by atoms with E-state index in [0.717, 1.165) is 16.9 Å². The van der Waals surface area contributed by atoms with Gasteiger partial charge in [-0.2, -0.15) is 5.26 Å². The first-order valence-corrected chi connectivity index (χ1v) is 8.45. The summed E-state index contributed by atoms with van der Waals surface area (Å²) in [5, 5.41) is 16.7. The van der Waals surface area contributed by atoms with E-state index in [9.17, 15) is 4.79 Å². The Balaban J connectivity index is 1.61. The second-order valence-corrected chi connectivity index (χ2v) is 5.82. The number of hydrogen-bond donors (Lipinski definition) is 0. The number of carbonyl (C=O) groups excluding carboxylic acids is 1. The molecule has 0 amide bonds. The second-order valence-electron chi connectivity index (χ2n) is 5.82. The Morgan fingerprint density at radius 2 is 1.86 bits per heavy atom. The van der Waals surface area contributed by atoms with Crippen LogP contribution in [0.1, 0.15) is 30.0 Å². The summed E-state index contributed by atoms with van der Waals surface area (Å²) in [7, 11) is 1.59. The van der Waals surface area contributed by atoms with Crippen LogP contribution in [0.15, 0.2) is 59.0 Å². The number of rotatable bonds is 6. The van der Waals surface area contributed by atoms with Crippen molar-refractivity contribution in [3.05, 3.63) is 71.6 Å². The van der Waals surface area contributed by atoms with Gasteiger partial charge in [-0.1, -0.05) is 12.1 Å². The predicted octanol–water partition coefficient (Wildman–Crippen LogP) is 3.93. The summed E-state index contributed by atoms with van der Waals surface area (Å²) in [4.78, 5) is 12.0. The maximum atomic E-state index is 12.0. The molecule has 0 aliphatic carbocycles. The zero-order valence-corrected chi connectivity index (χ0v) is 15.3. The number of methoxy groups -OCH3 is 1. The third-order valence-electron chi connectivity index (χ3n) is 3.87. The van der Waals surface area contributed by atoms with Gasteiger partial charge in [0.25, 0.3) is 5.89 Å². The highest BCUT2D eigenvalue weighted by Gasteiger charge is 2.18. The van der Waals surface area contributed by atoms with E-state index in [2.05, 4.69) is 10.2 Å². The van der Waals surface area contributed by atoms with Gasteiger partial charge in [0.05, 0.1) is 18.7 Å². The van der Waals surface area contributed by atoms with Crippen LogP contribution in [0.4, 0.5) is 0 Å². The quantitative estimate of drug-likeness (QED) is 0.475. The van der Waals surface area contributed by atoms with E-state index >= 15 is 0 Å². The number of carbonyl (C=O) groups is 1. The molecule has 7 heteroatoms. The highest BCUT2D eigenvalue weighted by atomic mass is 16.6. The van der Waals surface area contributed by atoms with Crippen molar-refractivity contribution in [2.24, 2.45) is 0 Å². The average Bonchev–Trinajstić information content (AvgIpc) is 3.23. The Bertz CT molecular complexity index is 1020. The first-order valence-electron chi connectivity index (χ1n) is 8.45. The largest absolute Gasteiger partial charge is 0.497 e. The van der Waals surface area contributed by atoms with Crippen LogP contribution >= 0.6 is 0 Å². The fourth-order valence-corrected chi connectivity index (χ4v) is 2.35. The minimum atomic E-state index is -0.697. The molecular weight excluding hydrogens is 358 g/mol. The van der Waals surface area contributed by atoms with E-state index in [1.165, 1.54) is 6.08 Å². The van der Waals surface area contributed by atoms with Gasteiger partial charge in [-0.3, -0.25) is 0 Å². The van der Waals surface area contributed by atoms with Crippen molar-refractivity contribution < 1.29 is 18.7 Å². The second kappa shape index (κ2) is 8.64. The number of aromatic nitrogens is 2. The molecule has 0 bridgehead atoms. The van der Waals surface area contributed by atoms with Gasteiger partial charge in [0, 0.05) is 11.6 Å². The maximum Gasteiger partial charge on any atom is 0.331 e. The lowest BCUT2D eigenvalue weighted by Crippen LogP contribution is -2.06. The van der Waals surface area contributed by atoms with Crippen LogP contribution in [0.5, 0.6) is 5.75 Å². The van der Waals surface area contributed by atoms with Gasteiger partial charge in [-0.05, 0) is 55.0 Å². The van der Waals surface area contributed by atoms with Crippen LogP contribution in [-0.2, 0) is 9.53 Å². The molecule has 28 heavy (non-hydrogen) atoms. The number of benzene rings is 2. The summed E-state index contributed by atoms with van der Waals surface area (Å²) in [5.74, 6) is 0.709. The maximum absolute atomic E-state index is 12.0. The average molecular weight is 375 g/mol. The number of nitriles is 1. The van der Waals surface area contributed by atoms with Crippen molar-refractivity contribution in [3.63, 3.8) is 0 Å². The highest BCUT2D eigenvalue weighted by molar-refractivity contribution is 5.87. The SMILES string of the molecule is COc1ccc(-c2nnc([C@H](C)OC(=O)/C=C/c3ccc(C#N)cc3)o2)cc1. The predicted molar refractivity (Wildman–Crippen MR) is 101 cm³/mol. The van der Waals surface area contributed by atoms with Gasteiger partial charge < -0.3 is 13.9 Å². The Hall–Kier alpha value is -3.92. The van der Waals surface area contributed by atoms with Crippen molar-refractivity contribution in [3.8, 4) is 23.3 Å². The molecule has 0 saturated carbocycles. The lowest BCUT2D eigenvalue weighted by molar-refractivity contribution is -0.143. The van der Waals surface area contributed by atoms with E-state index in [0.29, 0.717) is 11.5 Å². The molecule has 2 aromatic carbocycles. The Kier molecular flexibility index (Phi) is 5.82. The standard InChI is InChI=1S/C21H17N3O4/c1-14(27-19(25)12-7-15-3-5-16(13-22)6-4-15)20-23-24-21(28-20)17-8-10-18(26-2)11-9-17/h3-12,14H,1-2H3/b12-7+/t14-/m0/s1. The summed E-state index contributed by atoms with van der Waals surface area (Å²) in [6.07, 6.45) is 2.21. The van der Waals surface area contributed by atoms with Crippen LogP contribution < -0.4 is 4.74 Å². The van der Waals surface area contributed by atoms with E-state index in [-0.39, 0.29) is 5.89 Å². The fraction of sp³-hybridized carbons (Fsp3) is 0.143. The zero-order chi connectivity index (χ0) is 19.9. The molecule has 7 nitrogen and oxygen atoms in total. The molecule has 0 fully saturated rings. The van der Waals surface area contributed by atoms with Crippen molar-refractivity contribution in [2.45, 2.75) is 13.0 Å². The number of esters is 1. The van der Waals surface area contributed by atoms with Gasteiger partial charge in [0.15, 0.2) is 6.10 Å². The third-order valence-corrected chi connectivity index (χ3v) is 3.87. The summed E-state index contributed by atoms with van der Waals surface area (Å²) in [6, 6.07) is 16.0. The summed E-state index contributed by atoms with van der Waals surface area (Å²) < 4.78 is 16.0. The smallest absolute Gasteiger partial charge is 0.331 e. The molecule has 0 N–H and O–H groups in total. The van der Waals surface area contributed by atoms with Gasteiger partial charge in [0.2, 0.25) is 5.89 Å². The monoisotopic (exact) mass is 375 g/mol. The summed E-state index contributed by atoms with van der Waals surface area (Å²) >= 11 is 0. The molecule has 0 saturated heterocycles. The Labute approximate surface area is 161 Å². The number of hydrogen-bond acceptors (Lipinski definition) is 7. The lowest BCUT2D eigenvalue weighted by Gasteiger charge is -2.06. The molecule has 0 aliphatic heterocycles. The van der Waals surface area contributed by atoms with Crippen LogP contribution in [0, 0.1) is 11.3 Å². The number of nitrogens with zero attached hydrogens (tertiary/aromatic N) is 3. The molecule has 3 aromatic rings. The van der Waals surface area contributed by atoms with E-state index in [4.69, 9.17) is 19.2 Å². The lowest BCUT2D eigenvalue weighted by atomic mass is 10.1. The van der Waals surface area contributed by atoms with Crippen molar-refractivity contribution >= 4 is 12.0 Å². The van der Waals surface area contributed by atoms with Crippen LogP contribution in [0.3, 0.4) is 0 Å². The zero-order valence-electron chi connectivity index (χ0n) is 15.3. The highest BCUT2D eigenvalue weighted by Crippen LogP contribution is 2.24. The van der Waals surface area contributed by atoms with Crippen LogP contribution in [0.2, 0.25) is 0 Å². The minimum absolute atomic E-state index is 0.200. The van der Waals surface area contributed by atoms with Gasteiger partial charge >= 0.3 is 5.97 Å². The molecule has 1 heterocycles. The molecule has 0 radical (unpaired) electrons. The first kappa shape index (κ1) is 18.9. The normalized spacial score (nSPS) is 11.8. The molecule has 0 aliphatic rings. The van der Waals surface area contributed by atoms with E-state index < -0.39 is 12.1 Å². The van der Waals surface area contributed by atoms with Crippen LogP contribution in [0.25, 0.3) is 17.5 Å². The van der Waals surface area contributed by atoms with E-state index in [1.54, 1.807) is 68.6 Å². The van der Waals surface area contributed by atoms with Crippen molar-refractivity contribution in [2.75, 3.05) is 7.11 Å². The molecule has 0 unspecified atom stereocenters. The summed E-state index contributed by atoms with van der Waals surface area (Å²) in [5.41, 5.74) is 2.07. The van der Waals surface area contributed by atoms with Crippen LogP contribution in [-0.4, -0.2) is 23.3 Å². The molecule has 3 rings (SSSR count). The van der Waals surface area contributed by atoms with Gasteiger partial charge in [-0.25, -0.2) is 4.79 Å². The topological polar surface area (TPSA) is 98.2 Å². The Morgan fingerprint density at radius 3 is 2.50 bits per heavy atom. The van der Waals surface area contributed by atoms with Crippen molar-refractivity contribution in [1.29, 1.82) is 5.26 Å². The fourth-order valence-electron chi connectivity index (χ4n) is 2.35. The molecule has 0 spiro atoms. The minimum Gasteiger partial charge on any atom is -0.497 e.